The first kappa shape index (κ1) is 22.0. The Balaban J connectivity index is 1.41. The predicted octanol–water partition coefficient (Wildman–Crippen LogP) is 5.39. The molecule has 0 aliphatic rings. The van der Waals surface area contributed by atoms with Crippen LogP contribution in [0.5, 0.6) is 0 Å². The minimum Gasteiger partial charge on any atom is -0.329 e. The molecule has 164 valence electrons. The first-order valence-corrected chi connectivity index (χ1v) is 10.8. The number of benzene rings is 2. The van der Waals surface area contributed by atoms with E-state index in [9.17, 15) is 4.39 Å². The third-order valence-corrected chi connectivity index (χ3v) is 5.64. The van der Waals surface area contributed by atoms with Crippen molar-refractivity contribution in [3.63, 3.8) is 0 Å². The number of thiocarbonyl (C=S) groups is 1. The summed E-state index contributed by atoms with van der Waals surface area (Å²) in [6.07, 6.45) is 1.77. The van der Waals surface area contributed by atoms with E-state index in [4.69, 9.17) is 23.8 Å². The number of nitrogens with zero attached hydrogens (tertiary/aromatic N) is 4. The SMILES string of the molecule is Cc1nn(Cc2ccccc2Cl)c(C)c1NC(=S)Nc1ccn(Cc2ccccc2F)n1. The molecule has 0 aliphatic carbocycles. The molecule has 9 heteroatoms. The van der Waals surface area contributed by atoms with Gasteiger partial charge in [-0.3, -0.25) is 9.36 Å². The van der Waals surface area contributed by atoms with Crippen molar-refractivity contribution in [1.29, 1.82) is 0 Å². The quantitative estimate of drug-likeness (QED) is 0.371. The average Bonchev–Trinajstić information content (AvgIpc) is 3.30. The maximum absolute atomic E-state index is 13.9. The number of hydrogen-bond donors (Lipinski definition) is 2. The molecule has 0 unspecified atom stereocenters. The standard InChI is InChI=1S/C23H22ClFN6S/c1-15-22(16(2)31(28-15)14-17-7-3-5-9-19(17)24)27-23(32)26-21-11-12-30(29-21)13-18-8-4-6-10-20(18)25/h3-12H,13-14H2,1-2H3,(H2,26,27,29,32). The van der Waals surface area contributed by atoms with Crippen molar-refractivity contribution in [2.45, 2.75) is 26.9 Å². The summed E-state index contributed by atoms with van der Waals surface area (Å²) >= 11 is 11.8. The molecule has 0 saturated heterocycles. The first-order valence-electron chi connectivity index (χ1n) is 10.0. The van der Waals surface area contributed by atoms with Gasteiger partial charge in [0.15, 0.2) is 10.9 Å². The molecule has 0 amide bonds. The fraction of sp³-hybridized carbons (Fsp3) is 0.174. The molecule has 2 aromatic heterocycles. The number of aromatic nitrogens is 4. The number of hydrogen-bond acceptors (Lipinski definition) is 3. The van der Waals surface area contributed by atoms with Gasteiger partial charge in [0.2, 0.25) is 0 Å². The molecule has 4 aromatic rings. The highest BCUT2D eigenvalue weighted by Crippen LogP contribution is 2.23. The topological polar surface area (TPSA) is 59.7 Å². The Morgan fingerprint density at radius 2 is 1.69 bits per heavy atom. The molecule has 0 saturated carbocycles. The van der Waals surface area contributed by atoms with E-state index in [1.807, 2.05) is 42.8 Å². The van der Waals surface area contributed by atoms with Crippen LogP contribution in [0.4, 0.5) is 15.9 Å². The third-order valence-electron chi connectivity index (χ3n) is 5.07. The zero-order valence-electron chi connectivity index (χ0n) is 17.6. The smallest absolute Gasteiger partial charge is 0.176 e. The maximum atomic E-state index is 13.9. The van der Waals surface area contributed by atoms with E-state index < -0.39 is 0 Å². The molecule has 0 radical (unpaired) electrons. The van der Waals surface area contributed by atoms with Crippen LogP contribution in [-0.2, 0) is 13.1 Å². The molecule has 0 atom stereocenters. The van der Waals surface area contributed by atoms with Gasteiger partial charge >= 0.3 is 0 Å². The maximum Gasteiger partial charge on any atom is 0.176 e. The van der Waals surface area contributed by atoms with Crippen LogP contribution in [0.1, 0.15) is 22.5 Å². The van der Waals surface area contributed by atoms with Gasteiger partial charge in [-0.1, -0.05) is 48.0 Å². The third kappa shape index (κ3) is 4.98. The Morgan fingerprint density at radius 1 is 0.969 bits per heavy atom. The summed E-state index contributed by atoms with van der Waals surface area (Å²) in [6, 6.07) is 16.1. The summed E-state index contributed by atoms with van der Waals surface area (Å²) in [6.45, 7) is 4.80. The molecule has 6 nitrogen and oxygen atoms in total. The van der Waals surface area contributed by atoms with Crippen molar-refractivity contribution in [2.75, 3.05) is 10.6 Å². The van der Waals surface area contributed by atoms with E-state index in [0.717, 1.165) is 22.6 Å². The molecule has 0 aliphatic heterocycles. The van der Waals surface area contributed by atoms with Crippen LogP contribution < -0.4 is 10.6 Å². The second kappa shape index (κ2) is 9.50. The van der Waals surface area contributed by atoms with Crippen LogP contribution >= 0.6 is 23.8 Å². The van der Waals surface area contributed by atoms with Crippen molar-refractivity contribution in [2.24, 2.45) is 0 Å². The predicted molar refractivity (Wildman–Crippen MR) is 130 cm³/mol. The molecule has 0 fully saturated rings. The lowest BCUT2D eigenvalue weighted by Gasteiger charge is -2.10. The number of halogens is 2. The van der Waals surface area contributed by atoms with Gasteiger partial charge in [-0.15, -0.1) is 0 Å². The van der Waals surface area contributed by atoms with Crippen LogP contribution in [0.3, 0.4) is 0 Å². The van der Waals surface area contributed by atoms with Gasteiger partial charge in [0.05, 0.1) is 30.2 Å². The fourth-order valence-corrected chi connectivity index (χ4v) is 3.80. The zero-order valence-corrected chi connectivity index (χ0v) is 19.2. The fourth-order valence-electron chi connectivity index (χ4n) is 3.40. The van der Waals surface area contributed by atoms with Crippen molar-refractivity contribution in [1.82, 2.24) is 19.6 Å². The lowest BCUT2D eigenvalue weighted by Crippen LogP contribution is -2.20. The van der Waals surface area contributed by atoms with Crippen LogP contribution in [-0.4, -0.2) is 24.7 Å². The van der Waals surface area contributed by atoms with E-state index in [1.54, 1.807) is 35.1 Å². The molecule has 2 aromatic carbocycles. The van der Waals surface area contributed by atoms with Gasteiger partial charge in [-0.25, -0.2) is 4.39 Å². The Hall–Kier alpha value is -3.23. The number of anilines is 2. The molecule has 2 heterocycles. The van der Waals surface area contributed by atoms with Gasteiger partial charge in [-0.2, -0.15) is 10.2 Å². The Morgan fingerprint density at radius 3 is 2.44 bits per heavy atom. The largest absolute Gasteiger partial charge is 0.329 e. The van der Waals surface area contributed by atoms with Crippen molar-refractivity contribution < 1.29 is 4.39 Å². The molecular weight excluding hydrogens is 447 g/mol. The molecule has 32 heavy (non-hydrogen) atoms. The highest BCUT2D eigenvalue weighted by atomic mass is 35.5. The van der Waals surface area contributed by atoms with Crippen molar-refractivity contribution in [3.8, 4) is 0 Å². The summed E-state index contributed by atoms with van der Waals surface area (Å²) in [5.41, 5.74) is 4.16. The molecule has 4 rings (SSSR count). The zero-order chi connectivity index (χ0) is 22.7. The first-order chi connectivity index (χ1) is 15.4. The van der Waals surface area contributed by atoms with Gasteiger partial charge in [0, 0.05) is 22.8 Å². The lowest BCUT2D eigenvalue weighted by molar-refractivity contribution is 0.586. The van der Waals surface area contributed by atoms with E-state index in [2.05, 4.69) is 20.8 Å². The molecule has 0 bridgehead atoms. The summed E-state index contributed by atoms with van der Waals surface area (Å²) in [5.74, 6) is 0.312. The molecular formula is C23H22ClFN6S. The van der Waals surface area contributed by atoms with E-state index >= 15 is 0 Å². The van der Waals surface area contributed by atoms with E-state index in [1.165, 1.54) is 6.07 Å². The normalized spacial score (nSPS) is 10.9. The highest BCUT2D eigenvalue weighted by molar-refractivity contribution is 7.80. The molecule has 0 spiro atoms. The highest BCUT2D eigenvalue weighted by Gasteiger charge is 2.14. The second-order valence-corrected chi connectivity index (χ2v) is 8.18. The van der Waals surface area contributed by atoms with Gasteiger partial charge in [0.1, 0.15) is 5.82 Å². The number of nitrogens with one attached hydrogen (secondary N) is 2. The van der Waals surface area contributed by atoms with E-state index in [0.29, 0.717) is 34.6 Å². The summed E-state index contributed by atoms with van der Waals surface area (Å²) in [5, 5.41) is 16.4. The lowest BCUT2D eigenvalue weighted by atomic mass is 10.2. The average molecular weight is 469 g/mol. The van der Waals surface area contributed by atoms with Crippen LogP contribution in [0.2, 0.25) is 5.02 Å². The second-order valence-electron chi connectivity index (χ2n) is 7.36. The number of rotatable bonds is 6. The number of aryl methyl sites for hydroxylation is 1. The summed E-state index contributed by atoms with van der Waals surface area (Å²) in [4.78, 5) is 0. The van der Waals surface area contributed by atoms with Crippen molar-refractivity contribution >= 4 is 40.4 Å². The van der Waals surface area contributed by atoms with Crippen molar-refractivity contribution in [3.05, 3.63) is 94.1 Å². The molecule has 2 N–H and O–H groups in total. The minimum atomic E-state index is -0.255. The van der Waals surface area contributed by atoms with Gasteiger partial charge < -0.3 is 10.6 Å². The van der Waals surface area contributed by atoms with E-state index in [-0.39, 0.29) is 5.82 Å². The van der Waals surface area contributed by atoms with Crippen LogP contribution in [0.15, 0.2) is 60.8 Å². The monoisotopic (exact) mass is 468 g/mol. The van der Waals surface area contributed by atoms with Gasteiger partial charge in [-0.05, 0) is 43.8 Å². The Kier molecular flexibility index (Phi) is 6.53. The summed E-state index contributed by atoms with van der Waals surface area (Å²) < 4.78 is 17.4. The Labute approximate surface area is 196 Å². The minimum absolute atomic E-state index is 0.255. The van der Waals surface area contributed by atoms with Crippen LogP contribution in [0.25, 0.3) is 0 Å². The Bertz CT molecular complexity index is 1270. The van der Waals surface area contributed by atoms with Gasteiger partial charge in [0.25, 0.3) is 0 Å². The van der Waals surface area contributed by atoms with Crippen LogP contribution in [0, 0.1) is 19.7 Å². The summed E-state index contributed by atoms with van der Waals surface area (Å²) in [7, 11) is 0.